The number of unbranched alkanes of at least 4 members (excludes halogenated alkanes) is 3. The summed E-state index contributed by atoms with van der Waals surface area (Å²) in [6.07, 6.45) is 7.22. The Balaban J connectivity index is 2.51. The normalized spacial score (nSPS) is 10.5. The van der Waals surface area contributed by atoms with Crippen molar-refractivity contribution < 1.29 is 9.59 Å². The number of rotatable bonds is 10. The van der Waals surface area contributed by atoms with Crippen molar-refractivity contribution in [1.82, 2.24) is 9.88 Å². The molecule has 0 bridgehead atoms. The summed E-state index contributed by atoms with van der Waals surface area (Å²) in [7, 11) is 0. The minimum atomic E-state index is -0.172. The lowest BCUT2D eigenvalue weighted by Crippen LogP contribution is -2.38. The van der Waals surface area contributed by atoms with Gasteiger partial charge in [-0.25, -0.2) is 4.98 Å². The number of nitrogens with zero attached hydrogens (tertiary/aromatic N) is 2. The van der Waals surface area contributed by atoms with E-state index in [4.69, 9.17) is 0 Å². The lowest BCUT2D eigenvalue weighted by molar-refractivity contribution is -0.134. The number of aryl methyl sites for hydroxylation is 1. The molecule has 0 aliphatic rings. The summed E-state index contributed by atoms with van der Waals surface area (Å²) < 4.78 is 0. The summed E-state index contributed by atoms with van der Waals surface area (Å²) in [5, 5.41) is 3.36. The Morgan fingerprint density at radius 3 is 2.55 bits per heavy atom. The number of nitrogens with one attached hydrogen (secondary N) is 1. The van der Waals surface area contributed by atoms with Crippen LogP contribution in [0.5, 0.6) is 0 Å². The molecule has 0 saturated heterocycles. The van der Waals surface area contributed by atoms with Gasteiger partial charge in [0.05, 0.1) is 6.54 Å². The molecule has 1 N–H and O–H groups in total. The molecule has 2 amide bonds. The standard InChI is InChI=1S/C16H27N3O2S/c1-4-6-8-9-15(21)19(10-7-5-2)12-14(20)18-16-17-11-13(3)22-16/h11H,4-10,12H2,1-3H3,(H,17,18,20). The van der Waals surface area contributed by atoms with Crippen molar-refractivity contribution in [2.75, 3.05) is 18.4 Å². The van der Waals surface area contributed by atoms with Gasteiger partial charge in [0, 0.05) is 24.0 Å². The Labute approximate surface area is 137 Å². The Hall–Kier alpha value is -1.43. The fourth-order valence-corrected chi connectivity index (χ4v) is 2.75. The fourth-order valence-electron chi connectivity index (χ4n) is 2.07. The summed E-state index contributed by atoms with van der Waals surface area (Å²) in [4.78, 5) is 31.2. The molecule has 6 heteroatoms. The van der Waals surface area contributed by atoms with Gasteiger partial charge >= 0.3 is 0 Å². The highest BCUT2D eigenvalue weighted by Gasteiger charge is 2.17. The smallest absolute Gasteiger partial charge is 0.245 e. The van der Waals surface area contributed by atoms with Crippen molar-refractivity contribution >= 4 is 28.3 Å². The van der Waals surface area contributed by atoms with E-state index in [1.165, 1.54) is 11.3 Å². The molecule has 0 atom stereocenters. The average Bonchev–Trinajstić information content (AvgIpc) is 2.88. The lowest BCUT2D eigenvalue weighted by atomic mass is 10.2. The van der Waals surface area contributed by atoms with Crippen LogP contribution in [0.4, 0.5) is 5.13 Å². The van der Waals surface area contributed by atoms with Gasteiger partial charge in [-0.3, -0.25) is 9.59 Å². The highest BCUT2D eigenvalue weighted by molar-refractivity contribution is 7.15. The summed E-state index contributed by atoms with van der Waals surface area (Å²) >= 11 is 1.44. The average molecular weight is 325 g/mol. The lowest BCUT2D eigenvalue weighted by Gasteiger charge is -2.21. The molecular formula is C16H27N3O2S. The number of aromatic nitrogens is 1. The number of amides is 2. The first-order chi connectivity index (χ1) is 10.6. The Morgan fingerprint density at radius 2 is 1.95 bits per heavy atom. The van der Waals surface area contributed by atoms with E-state index in [-0.39, 0.29) is 18.4 Å². The summed E-state index contributed by atoms with van der Waals surface area (Å²) in [6.45, 7) is 6.90. The number of anilines is 1. The van der Waals surface area contributed by atoms with E-state index in [2.05, 4.69) is 24.1 Å². The van der Waals surface area contributed by atoms with E-state index < -0.39 is 0 Å². The van der Waals surface area contributed by atoms with E-state index in [9.17, 15) is 9.59 Å². The van der Waals surface area contributed by atoms with Gasteiger partial charge in [-0.15, -0.1) is 11.3 Å². The quantitative estimate of drug-likeness (QED) is 0.669. The Kier molecular flexibility index (Phi) is 8.74. The maximum Gasteiger partial charge on any atom is 0.245 e. The van der Waals surface area contributed by atoms with Gasteiger partial charge in [0.25, 0.3) is 0 Å². The topological polar surface area (TPSA) is 62.3 Å². The van der Waals surface area contributed by atoms with E-state index in [0.29, 0.717) is 18.1 Å². The third-order valence-electron chi connectivity index (χ3n) is 3.33. The molecule has 0 aromatic carbocycles. The monoisotopic (exact) mass is 325 g/mol. The zero-order chi connectivity index (χ0) is 16.4. The molecule has 0 spiro atoms. The van der Waals surface area contributed by atoms with Crippen molar-refractivity contribution in [3.8, 4) is 0 Å². The molecule has 0 unspecified atom stereocenters. The third-order valence-corrected chi connectivity index (χ3v) is 4.16. The van der Waals surface area contributed by atoms with Crippen molar-refractivity contribution in [2.24, 2.45) is 0 Å². The van der Waals surface area contributed by atoms with Crippen LogP contribution in [0, 0.1) is 6.92 Å². The molecule has 124 valence electrons. The van der Waals surface area contributed by atoms with Crippen LogP contribution in [-0.4, -0.2) is 34.8 Å². The molecule has 0 aliphatic heterocycles. The molecule has 5 nitrogen and oxygen atoms in total. The van der Waals surface area contributed by atoms with Crippen LogP contribution in [0.2, 0.25) is 0 Å². The van der Waals surface area contributed by atoms with Gasteiger partial charge in [0.1, 0.15) is 0 Å². The molecule has 1 aromatic rings. The second-order valence-corrected chi connectivity index (χ2v) is 6.68. The van der Waals surface area contributed by atoms with E-state index in [1.807, 2.05) is 6.92 Å². The molecule has 0 saturated carbocycles. The first-order valence-electron chi connectivity index (χ1n) is 8.06. The number of hydrogen-bond acceptors (Lipinski definition) is 4. The fraction of sp³-hybridized carbons (Fsp3) is 0.688. The van der Waals surface area contributed by atoms with Gasteiger partial charge in [0.2, 0.25) is 11.8 Å². The predicted octanol–water partition coefficient (Wildman–Crippen LogP) is 3.60. The minimum absolute atomic E-state index is 0.0763. The maximum atomic E-state index is 12.2. The van der Waals surface area contributed by atoms with Crippen LogP contribution in [0.25, 0.3) is 0 Å². The number of thiazole rings is 1. The number of carbonyl (C=O) groups is 2. The SMILES string of the molecule is CCCCCC(=O)N(CCCC)CC(=O)Nc1ncc(C)s1. The molecule has 22 heavy (non-hydrogen) atoms. The predicted molar refractivity (Wildman–Crippen MR) is 91.1 cm³/mol. The number of carbonyl (C=O) groups excluding carboxylic acids is 2. The van der Waals surface area contributed by atoms with Crippen LogP contribution in [-0.2, 0) is 9.59 Å². The van der Waals surface area contributed by atoms with E-state index in [0.717, 1.165) is 37.0 Å². The molecule has 1 heterocycles. The van der Waals surface area contributed by atoms with E-state index >= 15 is 0 Å². The first-order valence-corrected chi connectivity index (χ1v) is 8.88. The zero-order valence-electron chi connectivity index (χ0n) is 13.9. The molecule has 0 aliphatic carbocycles. The van der Waals surface area contributed by atoms with Gasteiger partial charge in [-0.05, 0) is 19.8 Å². The second kappa shape index (κ2) is 10.3. The zero-order valence-corrected chi connectivity index (χ0v) is 14.7. The highest BCUT2D eigenvalue weighted by Crippen LogP contribution is 2.16. The van der Waals surface area contributed by atoms with Crippen molar-refractivity contribution in [3.05, 3.63) is 11.1 Å². The number of hydrogen-bond donors (Lipinski definition) is 1. The van der Waals surface area contributed by atoms with E-state index in [1.54, 1.807) is 11.1 Å². The summed E-state index contributed by atoms with van der Waals surface area (Å²) in [5.74, 6) is -0.0957. The molecule has 1 aromatic heterocycles. The minimum Gasteiger partial charge on any atom is -0.333 e. The van der Waals surface area contributed by atoms with Crippen LogP contribution >= 0.6 is 11.3 Å². The molecular weight excluding hydrogens is 298 g/mol. The maximum absolute atomic E-state index is 12.2. The third kappa shape index (κ3) is 7.02. The Bertz CT molecular complexity index is 474. The first kappa shape index (κ1) is 18.6. The van der Waals surface area contributed by atoms with Crippen molar-refractivity contribution in [1.29, 1.82) is 0 Å². The molecule has 1 rings (SSSR count). The largest absolute Gasteiger partial charge is 0.333 e. The molecule has 0 fully saturated rings. The van der Waals surface area contributed by atoms with Gasteiger partial charge in [-0.2, -0.15) is 0 Å². The van der Waals surface area contributed by atoms with Crippen LogP contribution in [0.3, 0.4) is 0 Å². The second-order valence-electron chi connectivity index (χ2n) is 5.45. The summed E-state index contributed by atoms with van der Waals surface area (Å²) in [6, 6.07) is 0. The van der Waals surface area contributed by atoms with Crippen molar-refractivity contribution in [2.45, 2.75) is 59.3 Å². The highest BCUT2D eigenvalue weighted by atomic mass is 32.1. The van der Waals surface area contributed by atoms with Gasteiger partial charge in [0.15, 0.2) is 5.13 Å². The van der Waals surface area contributed by atoms with Crippen LogP contribution < -0.4 is 5.32 Å². The van der Waals surface area contributed by atoms with Gasteiger partial charge in [-0.1, -0.05) is 33.1 Å². The van der Waals surface area contributed by atoms with Crippen LogP contribution in [0.15, 0.2) is 6.20 Å². The van der Waals surface area contributed by atoms with Crippen LogP contribution in [0.1, 0.15) is 57.2 Å². The molecule has 0 radical (unpaired) electrons. The van der Waals surface area contributed by atoms with Crippen molar-refractivity contribution in [3.63, 3.8) is 0 Å². The Morgan fingerprint density at radius 1 is 1.23 bits per heavy atom. The van der Waals surface area contributed by atoms with Gasteiger partial charge < -0.3 is 10.2 Å². The summed E-state index contributed by atoms with van der Waals surface area (Å²) in [5.41, 5.74) is 0.